The molecule has 0 saturated carbocycles. The monoisotopic (exact) mass is 500 g/mol. The third kappa shape index (κ3) is 6.58. The molecule has 0 N–H and O–H groups in total. The molecule has 0 aliphatic carbocycles. The molecule has 1 fully saturated rings. The first-order valence-corrected chi connectivity index (χ1v) is 13.0. The van der Waals surface area contributed by atoms with Gasteiger partial charge < -0.3 is 9.47 Å². The highest BCUT2D eigenvalue weighted by molar-refractivity contribution is 8.18. The lowest BCUT2D eigenvalue weighted by Crippen LogP contribution is -2.28. The van der Waals surface area contributed by atoms with Gasteiger partial charge in [-0.1, -0.05) is 67.9 Å². The number of rotatable bonds is 9. The molecule has 3 aromatic rings. The van der Waals surface area contributed by atoms with E-state index in [1.165, 1.54) is 17.3 Å². The van der Waals surface area contributed by atoms with E-state index in [9.17, 15) is 4.79 Å². The molecular formula is C30H32N2O3S. The second kappa shape index (κ2) is 12.0. The van der Waals surface area contributed by atoms with Gasteiger partial charge in [0.05, 0.1) is 30.4 Å². The molecule has 5 nitrogen and oxygen atoms in total. The predicted octanol–water partition coefficient (Wildman–Crippen LogP) is 7.23. The lowest BCUT2D eigenvalue weighted by molar-refractivity contribution is -0.122. The number of hydrogen-bond acceptors (Lipinski definition) is 5. The first-order chi connectivity index (χ1) is 17.4. The largest absolute Gasteiger partial charge is 0.490 e. The summed E-state index contributed by atoms with van der Waals surface area (Å²) in [6, 6.07) is 23.8. The molecule has 1 aliphatic rings. The highest BCUT2D eigenvalue weighted by atomic mass is 32.2. The van der Waals surface area contributed by atoms with Crippen LogP contribution in [0.25, 0.3) is 6.08 Å². The van der Waals surface area contributed by atoms with Gasteiger partial charge in [0.2, 0.25) is 0 Å². The number of ether oxygens (including phenoxy) is 2. The van der Waals surface area contributed by atoms with Gasteiger partial charge in [-0.15, -0.1) is 0 Å². The summed E-state index contributed by atoms with van der Waals surface area (Å²) >= 11 is 1.39. The summed E-state index contributed by atoms with van der Waals surface area (Å²) < 4.78 is 11.8. The maximum Gasteiger partial charge on any atom is 0.267 e. The number of amides is 1. The van der Waals surface area contributed by atoms with Gasteiger partial charge in [0.1, 0.15) is 0 Å². The summed E-state index contributed by atoms with van der Waals surface area (Å²) in [5.74, 6) is 1.74. The molecule has 0 radical (unpaired) electrons. The third-order valence-electron chi connectivity index (χ3n) is 5.47. The van der Waals surface area contributed by atoms with Crippen LogP contribution in [0.4, 0.5) is 5.69 Å². The molecule has 0 aromatic heterocycles. The number of amidine groups is 1. The van der Waals surface area contributed by atoms with Crippen LogP contribution in [0.15, 0.2) is 82.7 Å². The molecule has 0 unspecified atom stereocenters. The minimum absolute atomic E-state index is 0.0622. The minimum Gasteiger partial charge on any atom is -0.490 e. The smallest absolute Gasteiger partial charge is 0.267 e. The van der Waals surface area contributed by atoms with E-state index >= 15 is 0 Å². The summed E-state index contributed by atoms with van der Waals surface area (Å²) in [5, 5.41) is 0.667. The number of carbonyl (C=O) groups is 1. The third-order valence-corrected chi connectivity index (χ3v) is 6.47. The maximum atomic E-state index is 13.5. The van der Waals surface area contributed by atoms with Gasteiger partial charge in [0.15, 0.2) is 16.7 Å². The van der Waals surface area contributed by atoms with Crippen molar-refractivity contribution in [2.45, 2.75) is 34.2 Å². The Hall–Kier alpha value is -3.51. The van der Waals surface area contributed by atoms with Gasteiger partial charge >= 0.3 is 0 Å². The topological polar surface area (TPSA) is 51.1 Å². The van der Waals surface area contributed by atoms with Gasteiger partial charge in [-0.05, 0) is 73.0 Å². The Balaban J connectivity index is 1.65. The first-order valence-electron chi connectivity index (χ1n) is 12.2. The predicted molar refractivity (Wildman–Crippen MR) is 149 cm³/mol. The molecular weight excluding hydrogens is 468 g/mol. The molecule has 1 aliphatic heterocycles. The number of carbonyl (C=O) groups excluding carboxylic acids is 1. The van der Waals surface area contributed by atoms with Crippen LogP contribution in [0.5, 0.6) is 11.5 Å². The van der Waals surface area contributed by atoms with Crippen molar-refractivity contribution in [1.82, 2.24) is 4.90 Å². The fraction of sp³-hybridized carbons (Fsp3) is 0.267. The highest BCUT2D eigenvalue weighted by Gasteiger charge is 2.33. The van der Waals surface area contributed by atoms with E-state index in [0.717, 1.165) is 16.8 Å². The van der Waals surface area contributed by atoms with Crippen LogP contribution in [-0.2, 0) is 11.3 Å². The van der Waals surface area contributed by atoms with Crippen molar-refractivity contribution in [1.29, 1.82) is 0 Å². The molecule has 1 amide bonds. The summed E-state index contributed by atoms with van der Waals surface area (Å²) in [5.41, 5.74) is 3.92. The molecule has 6 heteroatoms. The number of nitrogens with zero attached hydrogens (tertiary/aromatic N) is 2. The van der Waals surface area contributed by atoms with Crippen LogP contribution in [0.2, 0.25) is 0 Å². The van der Waals surface area contributed by atoms with Gasteiger partial charge in [-0.2, -0.15) is 0 Å². The second-order valence-corrected chi connectivity index (χ2v) is 10.1. The zero-order chi connectivity index (χ0) is 25.5. The number of aryl methyl sites for hydroxylation is 1. The molecule has 3 aromatic carbocycles. The van der Waals surface area contributed by atoms with Crippen molar-refractivity contribution >= 4 is 34.6 Å². The zero-order valence-corrected chi connectivity index (χ0v) is 22.0. The average Bonchev–Trinajstić information content (AvgIpc) is 3.14. The van der Waals surface area contributed by atoms with E-state index in [2.05, 4.69) is 13.8 Å². The molecule has 0 spiro atoms. The SMILES string of the molecule is CCOc1cc(/C=C2/SC(=Nc3ccc(C)cc3)N(Cc3ccccc3)C2=O)ccc1OCC(C)C. The number of aliphatic imine (C=N–C) groups is 1. The second-order valence-electron chi connectivity index (χ2n) is 9.06. The number of benzene rings is 3. The van der Waals surface area contributed by atoms with Crippen LogP contribution in [-0.4, -0.2) is 29.2 Å². The van der Waals surface area contributed by atoms with Crippen molar-refractivity contribution in [2.75, 3.05) is 13.2 Å². The molecule has 4 rings (SSSR count). The van der Waals surface area contributed by atoms with Crippen LogP contribution in [0, 0.1) is 12.8 Å². The molecule has 0 atom stereocenters. The lowest BCUT2D eigenvalue weighted by Gasteiger charge is -2.15. The van der Waals surface area contributed by atoms with Crippen molar-refractivity contribution in [3.63, 3.8) is 0 Å². The summed E-state index contributed by atoms with van der Waals surface area (Å²) in [6.07, 6.45) is 1.90. The quantitative estimate of drug-likeness (QED) is 0.291. The molecule has 0 bridgehead atoms. The van der Waals surface area contributed by atoms with Crippen molar-refractivity contribution < 1.29 is 14.3 Å². The maximum absolute atomic E-state index is 13.5. The van der Waals surface area contributed by atoms with Crippen LogP contribution >= 0.6 is 11.8 Å². The summed E-state index contributed by atoms with van der Waals surface area (Å²) in [7, 11) is 0. The fourth-order valence-corrected chi connectivity index (χ4v) is 4.63. The van der Waals surface area contributed by atoms with Gasteiger partial charge in [0.25, 0.3) is 5.91 Å². The van der Waals surface area contributed by atoms with E-state index in [1.807, 2.05) is 92.7 Å². The zero-order valence-electron chi connectivity index (χ0n) is 21.2. The molecule has 186 valence electrons. The summed E-state index contributed by atoms with van der Waals surface area (Å²) in [4.78, 5) is 20.7. The average molecular weight is 501 g/mol. The number of thioether (sulfide) groups is 1. The number of hydrogen-bond donors (Lipinski definition) is 0. The Bertz CT molecular complexity index is 1250. The van der Waals surface area contributed by atoms with Crippen LogP contribution < -0.4 is 9.47 Å². The van der Waals surface area contributed by atoms with E-state index in [1.54, 1.807) is 4.90 Å². The van der Waals surface area contributed by atoms with Crippen molar-refractivity contribution in [3.8, 4) is 11.5 Å². The van der Waals surface area contributed by atoms with Crippen molar-refractivity contribution in [2.24, 2.45) is 10.9 Å². The lowest BCUT2D eigenvalue weighted by atomic mass is 10.1. The first kappa shape index (κ1) is 25.6. The highest BCUT2D eigenvalue weighted by Crippen LogP contribution is 2.37. The van der Waals surface area contributed by atoms with Crippen LogP contribution in [0.3, 0.4) is 0 Å². The van der Waals surface area contributed by atoms with E-state index in [-0.39, 0.29) is 5.91 Å². The Kier molecular flexibility index (Phi) is 8.49. The minimum atomic E-state index is -0.0622. The molecule has 1 heterocycles. The Labute approximate surface area is 217 Å². The Morgan fingerprint density at radius 3 is 2.42 bits per heavy atom. The summed E-state index contributed by atoms with van der Waals surface area (Å²) in [6.45, 7) is 9.82. The van der Waals surface area contributed by atoms with Crippen molar-refractivity contribution in [3.05, 3.63) is 94.4 Å². The standard InChI is InChI=1S/C30H32N2O3S/c1-5-34-27-17-24(13-16-26(27)35-20-21(2)3)18-28-29(33)32(19-23-9-7-6-8-10-23)30(36-28)31-25-14-11-22(4)12-15-25/h6-18,21H,5,19-20H2,1-4H3/b28-18+,31-30?. The van der Waals surface area contributed by atoms with E-state index in [0.29, 0.717) is 47.2 Å². The normalized spacial score (nSPS) is 15.8. The van der Waals surface area contributed by atoms with Gasteiger partial charge in [-0.3, -0.25) is 9.69 Å². The van der Waals surface area contributed by atoms with Crippen LogP contribution in [0.1, 0.15) is 37.5 Å². The Morgan fingerprint density at radius 2 is 1.72 bits per heavy atom. The van der Waals surface area contributed by atoms with E-state index < -0.39 is 0 Å². The van der Waals surface area contributed by atoms with Gasteiger partial charge in [0, 0.05) is 0 Å². The van der Waals surface area contributed by atoms with E-state index in [4.69, 9.17) is 14.5 Å². The molecule has 36 heavy (non-hydrogen) atoms. The molecule has 1 saturated heterocycles. The van der Waals surface area contributed by atoms with Gasteiger partial charge in [-0.25, -0.2) is 4.99 Å². The fourth-order valence-electron chi connectivity index (χ4n) is 3.64. The Morgan fingerprint density at radius 1 is 0.972 bits per heavy atom.